The van der Waals surface area contributed by atoms with Crippen LogP contribution in [0.5, 0.6) is 11.5 Å². The van der Waals surface area contributed by atoms with E-state index in [9.17, 15) is 5.11 Å². The third kappa shape index (κ3) is 2.93. The normalized spacial score (nSPS) is 26.6. The summed E-state index contributed by atoms with van der Waals surface area (Å²) in [6.07, 6.45) is 3.75. The largest absolute Gasteiger partial charge is 0.497 e. The summed E-state index contributed by atoms with van der Waals surface area (Å²) in [6.45, 7) is 4.53. The molecule has 1 aromatic carbocycles. The minimum atomic E-state index is -0.761. The molecular formula is C17H26O3. The molecule has 1 aliphatic rings. The maximum absolute atomic E-state index is 11.0. The number of hydrogen-bond donors (Lipinski definition) is 1. The molecule has 1 aliphatic carbocycles. The van der Waals surface area contributed by atoms with E-state index in [0.717, 1.165) is 48.7 Å². The topological polar surface area (TPSA) is 38.7 Å². The maximum Gasteiger partial charge on any atom is 0.128 e. The highest BCUT2D eigenvalue weighted by molar-refractivity contribution is 5.44. The van der Waals surface area contributed by atoms with Gasteiger partial charge in [-0.3, -0.25) is 0 Å². The molecule has 1 aromatic rings. The van der Waals surface area contributed by atoms with Gasteiger partial charge in [0.1, 0.15) is 11.5 Å². The Hall–Kier alpha value is -1.22. The molecule has 2 rings (SSSR count). The molecule has 0 saturated heterocycles. The lowest BCUT2D eigenvalue weighted by Gasteiger charge is -2.38. The van der Waals surface area contributed by atoms with Crippen molar-refractivity contribution in [1.82, 2.24) is 0 Å². The van der Waals surface area contributed by atoms with Crippen LogP contribution >= 0.6 is 0 Å². The first-order valence-electron chi connectivity index (χ1n) is 7.45. The Kier molecular flexibility index (Phi) is 4.59. The first-order chi connectivity index (χ1) is 9.50. The fraction of sp³-hybridized carbons (Fsp3) is 0.647. The number of benzene rings is 1. The van der Waals surface area contributed by atoms with Gasteiger partial charge in [0.2, 0.25) is 0 Å². The summed E-state index contributed by atoms with van der Waals surface area (Å²) >= 11 is 0. The quantitative estimate of drug-likeness (QED) is 0.912. The summed E-state index contributed by atoms with van der Waals surface area (Å²) in [5, 5.41) is 11.0. The van der Waals surface area contributed by atoms with Crippen LogP contribution in [0.3, 0.4) is 0 Å². The molecule has 112 valence electrons. The molecule has 0 bridgehead atoms. The lowest BCUT2D eigenvalue weighted by molar-refractivity contribution is -0.0216. The van der Waals surface area contributed by atoms with Crippen molar-refractivity contribution < 1.29 is 14.6 Å². The Labute approximate surface area is 121 Å². The maximum atomic E-state index is 11.0. The van der Waals surface area contributed by atoms with Crippen LogP contribution in [0.2, 0.25) is 0 Å². The average Bonchev–Trinajstić information content (AvgIpc) is 2.46. The van der Waals surface area contributed by atoms with E-state index in [-0.39, 0.29) is 0 Å². The molecule has 3 nitrogen and oxygen atoms in total. The molecule has 1 saturated carbocycles. The van der Waals surface area contributed by atoms with Crippen LogP contribution in [0, 0.1) is 11.8 Å². The summed E-state index contributed by atoms with van der Waals surface area (Å²) < 4.78 is 10.7. The molecule has 0 atom stereocenters. The van der Waals surface area contributed by atoms with Gasteiger partial charge in [-0.25, -0.2) is 0 Å². The van der Waals surface area contributed by atoms with Gasteiger partial charge < -0.3 is 14.6 Å². The smallest absolute Gasteiger partial charge is 0.128 e. The second kappa shape index (κ2) is 6.04. The summed E-state index contributed by atoms with van der Waals surface area (Å²) in [7, 11) is 3.28. The van der Waals surface area contributed by atoms with E-state index in [1.165, 1.54) is 0 Å². The van der Waals surface area contributed by atoms with Crippen molar-refractivity contribution in [1.29, 1.82) is 0 Å². The Bertz CT molecular complexity index is 446. The van der Waals surface area contributed by atoms with Crippen molar-refractivity contribution in [2.24, 2.45) is 11.8 Å². The standard InChI is InChI=1S/C17H26O3/c1-12(2)13-7-9-17(18,10-8-13)15-6-5-14(19-3)11-16(15)20-4/h5-6,11-13,18H,7-10H2,1-4H3. The van der Waals surface area contributed by atoms with Crippen LogP contribution in [-0.2, 0) is 5.60 Å². The van der Waals surface area contributed by atoms with Gasteiger partial charge in [-0.2, -0.15) is 0 Å². The van der Waals surface area contributed by atoms with E-state index in [4.69, 9.17) is 9.47 Å². The molecule has 0 aromatic heterocycles. The number of methoxy groups -OCH3 is 2. The highest BCUT2D eigenvalue weighted by Gasteiger charge is 2.37. The average molecular weight is 278 g/mol. The minimum absolute atomic E-state index is 0.692. The number of ether oxygens (including phenoxy) is 2. The third-order valence-corrected chi connectivity index (χ3v) is 4.71. The van der Waals surface area contributed by atoms with E-state index in [0.29, 0.717) is 5.92 Å². The second-order valence-electron chi connectivity index (χ2n) is 6.18. The molecule has 20 heavy (non-hydrogen) atoms. The summed E-state index contributed by atoms with van der Waals surface area (Å²) in [5.74, 6) is 2.89. The number of hydrogen-bond acceptors (Lipinski definition) is 3. The lowest BCUT2D eigenvalue weighted by Crippen LogP contribution is -2.33. The first kappa shape index (κ1) is 15.2. The van der Waals surface area contributed by atoms with Crippen LogP contribution < -0.4 is 9.47 Å². The zero-order chi connectivity index (χ0) is 14.8. The minimum Gasteiger partial charge on any atom is -0.497 e. The molecule has 0 radical (unpaired) electrons. The van der Waals surface area contributed by atoms with E-state index in [1.807, 2.05) is 18.2 Å². The zero-order valence-electron chi connectivity index (χ0n) is 13.0. The summed E-state index contributed by atoms with van der Waals surface area (Å²) in [5.41, 5.74) is 0.131. The van der Waals surface area contributed by atoms with Gasteiger partial charge in [-0.1, -0.05) is 13.8 Å². The van der Waals surface area contributed by atoms with Crippen LogP contribution in [0.25, 0.3) is 0 Å². The molecule has 0 amide bonds. The fourth-order valence-corrected chi connectivity index (χ4v) is 3.24. The van der Waals surface area contributed by atoms with E-state index >= 15 is 0 Å². The number of rotatable bonds is 4. The highest BCUT2D eigenvalue weighted by atomic mass is 16.5. The van der Waals surface area contributed by atoms with Crippen LogP contribution in [0.4, 0.5) is 0 Å². The van der Waals surface area contributed by atoms with Crippen molar-refractivity contribution in [3.8, 4) is 11.5 Å². The molecule has 0 aliphatic heterocycles. The van der Waals surface area contributed by atoms with E-state index < -0.39 is 5.60 Å². The van der Waals surface area contributed by atoms with Gasteiger partial charge in [-0.05, 0) is 49.7 Å². The fourth-order valence-electron chi connectivity index (χ4n) is 3.24. The van der Waals surface area contributed by atoms with E-state index in [1.54, 1.807) is 14.2 Å². The van der Waals surface area contributed by atoms with Gasteiger partial charge in [0.05, 0.1) is 19.8 Å². The highest BCUT2D eigenvalue weighted by Crippen LogP contribution is 2.45. The van der Waals surface area contributed by atoms with Crippen molar-refractivity contribution >= 4 is 0 Å². The van der Waals surface area contributed by atoms with Crippen molar-refractivity contribution in [3.63, 3.8) is 0 Å². The van der Waals surface area contributed by atoms with Crippen molar-refractivity contribution in [3.05, 3.63) is 23.8 Å². The summed E-state index contributed by atoms with van der Waals surface area (Å²) in [6, 6.07) is 5.68. The summed E-state index contributed by atoms with van der Waals surface area (Å²) in [4.78, 5) is 0. The van der Waals surface area contributed by atoms with Gasteiger partial charge in [-0.15, -0.1) is 0 Å². The molecule has 1 N–H and O–H groups in total. The Morgan fingerprint density at radius 3 is 2.30 bits per heavy atom. The molecule has 3 heteroatoms. The Morgan fingerprint density at radius 2 is 1.80 bits per heavy atom. The molecular weight excluding hydrogens is 252 g/mol. The van der Waals surface area contributed by atoms with Gasteiger partial charge in [0.15, 0.2) is 0 Å². The Balaban J connectivity index is 2.23. The van der Waals surface area contributed by atoms with E-state index in [2.05, 4.69) is 13.8 Å². The first-order valence-corrected chi connectivity index (χ1v) is 7.45. The third-order valence-electron chi connectivity index (χ3n) is 4.71. The van der Waals surface area contributed by atoms with Gasteiger partial charge >= 0.3 is 0 Å². The second-order valence-corrected chi connectivity index (χ2v) is 6.18. The van der Waals surface area contributed by atoms with Gasteiger partial charge in [0, 0.05) is 11.6 Å². The van der Waals surface area contributed by atoms with Crippen LogP contribution in [0.15, 0.2) is 18.2 Å². The van der Waals surface area contributed by atoms with Gasteiger partial charge in [0.25, 0.3) is 0 Å². The molecule has 0 unspecified atom stereocenters. The van der Waals surface area contributed by atoms with Crippen molar-refractivity contribution in [2.75, 3.05) is 14.2 Å². The SMILES string of the molecule is COc1ccc(C2(O)CCC(C(C)C)CC2)c(OC)c1. The van der Waals surface area contributed by atoms with Crippen LogP contribution in [-0.4, -0.2) is 19.3 Å². The predicted octanol–water partition coefficient (Wildman–Crippen LogP) is 3.74. The molecule has 0 spiro atoms. The van der Waals surface area contributed by atoms with Crippen molar-refractivity contribution in [2.45, 2.75) is 45.1 Å². The number of aliphatic hydroxyl groups is 1. The lowest BCUT2D eigenvalue weighted by atomic mass is 9.72. The molecule has 1 fully saturated rings. The molecule has 0 heterocycles. The monoisotopic (exact) mass is 278 g/mol. The predicted molar refractivity (Wildman–Crippen MR) is 80.2 cm³/mol. The van der Waals surface area contributed by atoms with Crippen LogP contribution in [0.1, 0.15) is 45.1 Å². The zero-order valence-corrected chi connectivity index (χ0v) is 13.0. The Morgan fingerprint density at radius 1 is 1.15 bits per heavy atom.